The highest BCUT2D eigenvalue weighted by Gasteiger charge is 2.67. The predicted molar refractivity (Wildman–Crippen MR) is 108 cm³/mol. The number of hydrogen-bond acceptors (Lipinski definition) is 4. The van der Waals surface area contributed by atoms with Gasteiger partial charge in [-0.3, -0.25) is 9.59 Å². The monoisotopic (exact) mass is 389 g/mol. The molecule has 1 spiro atoms. The molecule has 29 heavy (non-hydrogen) atoms. The quantitative estimate of drug-likeness (QED) is 0.582. The van der Waals surface area contributed by atoms with Gasteiger partial charge in [0.2, 0.25) is 5.91 Å². The predicted octanol–water partition coefficient (Wildman–Crippen LogP) is 3.28. The van der Waals surface area contributed by atoms with Crippen LogP contribution >= 0.6 is 0 Å². The summed E-state index contributed by atoms with van der Waals surface area (Å²) >= 11 is 0. The Morgan fingerprint density at radius 1 is 1.14 bits per heavy atom. The van der Waals surface area contributed by atoms with E-state index in [-0.39, 0.29) is 18.5 Å². The van der Waals surface area contributed by atoms with E-state index < -0.39 is 23.5 Å². The Morgan fingerprint density at radius 2 is 1.90 bits per heavy atom. The maximum absolute atomic E-state index is 13.3. The van der Waals surface area contributed by atoms with Gasteiger partial charge in [0, 0.05) is 5.69 Å². The van der Waals surface area contributed by atoms with Gasteiger partial charge in [-0.15, -0.1) is 0 Å². The van der Waals surface area contributed by atoms with E-state index in [4.69, 9.17) is 9.47 Å². The van der Waals surface area contributed by atoms with Crippen LogP contribution in [0.3, 0.4) is 0 Å². The zero-order valence-electron chi connectivity index (χ0n) is 16.3. The molecule has 0 aromatic heterocycles. The van der Waals surface area contributed by atoms with Crippen LogP contribution in [0.1, 0.15) is 18.1 Å². The minimum atomic E-state index is -0.735. The largest absolute Gasteiger partial charge is 0.460 e. The molecule has 148 valence electrons. The average Bonchev–Trinajstić information content (AvgIpc) is 3.41. The lowest BCUT2D eigenvalue weighted by atomic mass is 9.77. The Labute approximate surface area is 169 Å². The van der Waals surface area contributed by atoms with Crippen molar-refractivity contribution in [2.24, 2.45) is 11.8 Å². The van der Waals surface area contributed by atoms with E-state index in [1.165, 1.54) is 5.56 Å². The van der Waals surface area contributed by atoms with E-state index >= 15 is 0 Å². The number of anilines is 1. The topological polar surface area (TPSA) is 55.8 Å². The van der Waals surface area contributed by atoms with E-state index in [1.807, 2.05) is 66.7 Å². The maximum atomic E-state index is 13.3. The third kappa shape index (κ3) is 2.88. The Morgan fingerprint density at radius 3 is 2.62 bits per heavy atom. The fourth-order valence-corrected chi connectivity index (χ4v) is 4.72. The number of benzene rings is 2. The summed E-state index contributed by atoms with van der Waals surface area (Å²) in [4.78, 5) is 28.0. The van der Waals surface area contributed by atoms with Crippen LogP contribution in [0.25, 0.3) is 0 Å². The number of ether oxygens (including phenoxy) is 2. The Bertz CT molecular complexity index is 968. The summed E-state index contributed by atoms with van der Waals surface area (Å²) in [6, 6.07) is 17.6. The fraction of sp³-hybridized carbons (Fsp3) is 0.333. The normalized spacial score (nSPS) is 29.3. The summed E-state index contributed by atoms with van der Waals surface area (Å²) in [7, 11) is 0. The van der Waals surface area contributed by atoms with Gasteiger partial charge >= 0.3 is 5.97 Å². The molecular weight excluding hydrogens is 366 g/mol. The second kappa shape index (κ2) is 6.85. The van der Waals surface area contributed by atoms with E-state index in [1.54, 1.807) is 4.90 Å². The molecule has 5 rings (SSSR count). The number of rotatable bonds is 5. The van der Waals surface area contributed by atoms with E-state index in [0.29, 0.717) is 6.54 Å². The Balaban J connectivity index is 1.37. The van der Waals surface area contributed by atoms with Crippen molar-refractivity contribution in [1.29, 1.82) is 0 Å². The lowest BCUT2D eigenvalue weighted by Gasteiger charge is -2.22. The molecule has 5 nitrogen and oxygen atoms in total. The van der Waals surface area contributed by atoms with Crippen molar-refractivity contribution in [2.75, 3.05) is 11.4 Å². The second-order valence-electron chi connectivity index (χ2n) is 7.94. The number of nitrogens with zero attached hydrogens (tertiary/aromatic N) is 1. The molecule has 3 heterocycles. The van der Waals surface area contributed by atoms with E-state index in [0.717, 1.165) is 17.7 Å². The minimum Gasteiger partial charge on any atom is -0.460 e. The maximum Gasteiger partial charge on any atom is 0.313 e. The van der Waals surface area contributed by atoms with Gasteiger partial charge in [-0.05, 0) is 29.7 Å². The van der Waals surface area contributed by atoms with Gasteiger partial charge in [-0.1, -0.05) is 61.5 Å². The van der Waals surface area contributed by atoms with Crippen molar-refractivity contribution in [2.45, 2.75) is 31.7 Å². The van der Waals surface area contributed by atoms with Crippen molar-refractivity contribution in [3.8, 4) is 0 Å². The summed E-state index contributed by atoms with van der Waals surface area (Å²) in [5, 5.41) is 0. The van der Waals surface area contributed by atoms with Gasteiger partial charge in [0.15, 0.2) is 0 Å². The number of fused-ring (bicyclic) bond motifs is 1. The molecule has 1 amide bonds. The lowest BCUT2D eigenvalue weighted by molar-refractivity contribution is -0.153. The van der Waals surface area contributed by atoms with Gasteiger partial charge in [0.05, 0.1) is 18.6 Å². The van der Waals surface area contributed by atoms with Crippen LogP contribution in [0, 0.1) is 11.8 Å². The number of carbonyl (C=O) groups excluding carboxylic acids is 2. The zero-order chi connectivity index (χ0) is 20.0. The number of carbonyl (C=O) groups is 2. The average molecular weight is 389 g/mol. The number of hydrogen-bond donors (Lipinski definition) is 0. The Hall–Kier alpha value is -2.92. The van der Waals surface area contributed by atoms with Crippen LogP contribution in [0.15, 0.2) is 66.7 Å². The van der Waals surface area contributed by atoms with Crippen LogP contribution < -0.4 is 4.90 Å². The minimum absolute atomic E-state index is 0.0669. The summed E-state index contributed by atoms with van der Waals surface area (Å²) < 4.78 is 11.7. The third-order valence-corrected chi connectivity index (χ3v) is 6.25. The third-order valence-electron chi connectivity index (χ3n) is 6.25. The first-order valence-corrected chi connectivity index (χ1v) is 10.1. The molecule has 2 aromatic rings. The highest BCUT2D eigenvalue weighted by atomic mass is 16.6. The highest BCUT2D eigenvalue weighted by molar-refractivity contribution is 6.02. The first-order chi connectivity index (χ1) is 14.1. The Kier molecular flexibility index (Phi) is 4.28. The van der Waals surface area contributed by atoms with Crippen molar-refractivity contribution in [1.82, 2.24) is 0 Å². The van der Waals surface area contributed by atoms with Crippen molar-refractivity contribution >= 4 is 17.6 Å². The van der Waals surface area contributed by atoms with Gasteiger partial charge < -0.3 is 14.4 Å². The SMILES string of the molecule is CCc1ccc(N2C[C@]34C=C[C@@H](O3)[C@H](C(=O)OCc3ccccc3)[C@@H]4C2=O)cc1. The van der Waals surface area contributed by atoms with Crippen LogP contribution in [0.2, 0.25) is 0 Å². The molecule has 3 aliphatic heterocycles. The summed E-state index contributed by atoms with van der Waals surface area (Å²) in [6.45, 7) is 2.72. The molecule has 0 saturated carbocycles. The first-order valence-electron chi connectivity index (χ1n) is 10.1. The molecule has 0 aliphatic carbocycles. The molecule has 0 unspecified atom stereocenters. The number of amides is 1. The van der Waals surface area contributed by atoms with Gasteiger partial charge in [0.25, 0.3) is 0 Å². The highest BCUT2D eigenvalue weighted by Crippen LogP contribution is 2.52. The second-order valence-corrected chi connectivity index (χ2v) is 7.94. The molecule has 4 atom stereocenters. The van der Waals surface area contributed by atoms with Gasteiger partial charge in [0.1, 0.15) is 18.1 Å². The standard InChI is InChI=1S/C24H23NO4/c1-2-16-8-10-18(11-9-16)25-15-24-13-12-19(29-24)20(21(24)22(25)26)23(27)28-14-17-6-4-3-5-7-17/h3-13,19-21H,2,14-15H2,1H3/t19-,20+,21-,24+/m1/s1. The van der Waals surface area contributed by atoms with E-state index in [2.05, 4.69) is 6.92 Å². The molecule has 3 aliphatic rings. The van der Waals surface area contributed by atoms with Crippen LogP contribution in [-0.2, 0) is 32.1 Å². The fourth-order valence-electron chi connectivity index (χ4n) is 4.72. The molecular formula is C24H23NO4. The smallest absolute Gasteiger partial charge is 0.313 e. The molecule has 2 saturated heterocycles. The summed E-state index contributed by atoms with van der Waals surface area (Å²) in [5.41, 5.74) is 2.25. The molecule has 2 bridgehead atoms. The molecule has 0 N–H and O–H groups in total. The molecule has 2 aromatic carbocycles. The van der Waals surface area contributed by atoms with Crippen LogP contribution in [-0.4, -0.2) is 30.1 Å². The first kappa shape index (κ1) is 18.1. The molecule has 0 radical (unpaired) electrons. The van der Waals surface area contributed by atoms with Gasteiger partial charge in [-0.2, -0.15) is 0 Å². The van der Waals surface area contributed by atoms with E-state index in [9.17, 15) is 9.59 Å². The molecule has 5 heteroatoms. The number of esters is 1. The van der Waals surface area contributed by atoms with Crippen molar-refractivity contribution in [3.05, 3.63) is 77.9 Å². The number of aryl methyl sites for hydroxylation is 1. The van der Waals surface area contributed by atoms with Gasteiger partial charge in [-0.25, -0.2) is 0 Å². The summed E-state index contributed by atoms with van der Waals surface area (Å²) in [6.07, 6.45) is 4.42. The molecule has 2 fully saturated rings. The zero-order valence-corrected chi connectivity index (χ0v) is 16.3. The van der Waals surface area contributed by atoms with Crippen LogP contribution in [0.5, 0.6) is 0 Å². The van der Waals surface area contributed by atoms with Crippen LogP contribution in [0.4, 0.5) is 5.69 Å². The summed E-state index contributed by atoms with van der Waals surface area (Å²) in [5.74, 6) is -1.57. The van der Waals surface area contributed by atoms with Crippen molar-refractivity contribution in [3.63, 3.8) is 0 Å². The van der Waals surface area contributed by atoms with Crippen molar-refractivity contribution < 1.29 is 19.1 Å². The lowest BCUT2D eigenvalue weighted by Crippen LogP contribution is -2.40.